The molecule has 0 aromatic heterocycles. The zero-order valence-electron chi connectivity index (χ0n) is 7.96. The molecule has 2 unspecified atom stereocenters. The Hall–Kier alpha value is -0.0100. The largest absolute Gasteiger partial charge is 0.299 e. The minimum absolute atomic E-state index is 0.395. The van der Waals surface area contributed by atoms with Crippen molar-refractivity contribution in [2.24, 2.45) is 5.92 Å². The lowest BCUT2D eigenvalue weighted by Crippen LogP contribution is -2.39. The highest BCUT2D eigenvalue weighted by Gasteiger charge is 2.22. The maximum Gasteiger partial charge on any atom is 0.0386 e. The minimum Gasteiger partial charge on any atom is -0.299 e. The van der Waals surface area contributed by atoms with Gasteiger partial charge in [-0.1, -0.05) is 19.1 Å². The Morgan fingerprint density at radius 2 is 2.33 bits per heavy atom. The van der Waals surface area contributed by atoms with Gasteiger partial charge in [-0.2, -0.15) is 0 Å². The van der Waals surface area contributed by atoms with E-state index in [2.05, 4.69) is 30.9 Å². The lowest BCUT2D eigenvalue weighted by molar-refractivity contribution is 0.205. The van der Waals surface area contributed by atoms with Crippen LogP contribution in [0.25, 0.3) is 0 Å². The summed E-state index contributed by atoms with van der Waals surface area (Å²) in [5, 5.41) is 0.395. The van der Waals surface area contributed by atoms with Gasteiger partial charge in [0, 0.05) is 18.5 Å². The molecule has 70 valence electrons. The molecule has 0 saturated carbocycles. The Morgan fingerprint density at radius 1 is 1.58 bits per heavy atom. The van der Waals surface area contributed by atoms with Crippen LogP contribution in [-0.2, 0) is 0 Å². The number of hydrogen-bond acceptors (Lipinski definition) is 1. The third-order valence-electron chi connectivity index (χ3n) is 2.48. The lowest BCUT2D eigenvalue weighted by atomic mass is 10.00. The first kappa shape index (κ1) is 10.1. The van der Waals surface area contributed by atoms with Gasteiger partial charge >= 0.3 is 0 Å². The smallest absolute Gasteiger partial charge is 0.0386 e. The Labute approximate surface area is 80.4 Å². The van der Waals surface area contributed by atoms with Crippen molar-refractivity contribution in [3.05, 3.63) is 12.2 Å². The van der Waals surface area contributed by atoms with E-state index in [4.69, 9.17) is 11.6 Å². The van der Waals surface area contributed by atoms with Crippen LogP contribution in [0.1, 0.15) is 20.3 Å². The number of nitrogens with zero attached hydrogens (tertiary/aromatic N) is 1. The van der Waals surface area contributed by atoms with Gasteiger partial charge in [0.05, 0.1) is 0 Å². The molecule has 1 saturated heterocycles. The van der Waals surface area contributed by atoms with E-state index in [1.807, 2.05) is 0 Å². The summed E-state index contributed by atoms with van der Waals surface area (Å²) in [5.74, 6) is 0.644. The number of allylic oxidation sites excluding steroid dienone is 1. The van der Waals surface area contributed by atoms with Crippen LogP contribution in [0, 0.1) is 5.92 Å². The quantitative estimate of drug-likeness (QED) is 0.475. The number of hydrogen-bond donors (Lipinski definition) is 0. The van der Waals surface area contributed by atoms with E-state index in [9.17, 15) is 0 Å². The number of rotatable bonds is 2. The maximum atomic E-state index is 6.12. The molecule has 12 heavy (non-hydrogen) atoms. The Bertz CT molecular complexity index is 156. The van der Waals surface area contributed by atoms with Gasteiger partial charge < -0.3 is 0 Å². The minimum atomic E-state index is 0.395. The van der Waals surface area contributed by atoms with Crippen LogP contribution >= 0.6 is 11.6 Å². The molecule has 1 nitrogen and oxygen atoms in total. The predicted molar refractivity (Wildman–Crippen MR) is 54.7 cm³/mol. The van der Waals surface area contributed by atoms with Crippen LogP contribution in [0.15, 0.2) is 12.2 Å². The molecule has 0 N–H and O–H groups in total. The van der Waals surface area contributed by atoms with Gasteiger partial charge in [0.15, 0.2) is 0 Å². The summed E-state index contributed by atoms with van der Waals surface area (Å²) in [5.41, 5.74) is 0. The van der Waals surface area contributed by atoms with Gasteiger partial charge in [-0.05, 0) is 25.8 Å². The summed E-state index contributed by atoms with van der Waals surface area (Å²) >= 11 is 6.12. The van der Waals surface area contributed by atoms with Gasteiger partial charge in [0.1, 0.15) is 0 Å². The first-order valence-electron chi connectivity index (χ1n) is 4.71. The second kappa shape index (κ2) is 4.88. The van der Waals surface area contributed by atoms with E-state index in [-0.39, 0.29) is 0 Å². The van der Waals surface area contributed by atoms with E-state index in [1.165, 1.54) is 0 Å². The summed E-state index contributed by atoms with van der Waals surface area (Å²) in [6.07, 6.45) is 5.46. The van der Waals surface area contributed by atoms with Gasteiger partial charge in [-0.15, -0.1) is 11.6 Å². The van der Waals surface area contributed by atoms with E-state index in [0.717, 1.165) is 26.1 Å². The number of alkyl halides is 1. The topological polar surface area (TPSA) is 3.24 Å². The molecule has 0 aromatic rings. The molecule has 2 atom stereocenters. The molecule has 0 aliphatic carbocycles. The normalized spacial score (nSPS) is 32.9. The zero-order chi connectivity index (χ0) is 8.97. The zero-order valence-corrected chi connectivity index (χ0v) is 8.72. The van der Waals surface area contributed by atoms with Gasteiger partial charge in [0.2, 0.25) is 0 Å². The molecule has 0 spiro atoms. The third kappa shape index (κ3) is 2.80. The van der Waals surface area contributed by atoms with E-state index >= 15 is 0 Å². The third-order valence-corrected chi connectivity index (χ3v) is 3.13. The van der Waals surface area contributed by atoms with Crippen LogP contribution in [0.4, 0.5) is 0 Å². The van der Waals surface area contributed by atoms with Crippen molar-refractivity contribution < 1.29 is 0 Å². The van der Waals surface area contributed by atoms with Crippen molar-refractivity contribution >= 4 is 11.6 Å². The summed E-state index contributed by atoms with van der Waals surface area (Å²) < 4.78 is 0. The molecule has 0 amide bonds. The van der Waals surface area contributed by atoms with E-state index < -0.39 is 0 Å². The molecular weight excluding hydrogens is 170 g/mol. The standard InChI is InChI=1S/C10H18ClN/c1-3-4-6-12-7-5-10(11)9(2)8-12/h3-4,9-10H,5-8H2,1-2H3/b4-3+. The second-order valence-corrected chi connectivity index (χ2v) is 4.17. The van der Waals surface area contributed by atoms with Crippen molar-refractivity contribution in [3.8, 4) is 0 Å². The summed E-state index contributed by atoms with van der Waals surface area (Å²) in [7, 11) is 0. The molecule has 1 rings (SSSR count). The number of piperidine rings is 1. The fraction of sp³-hybridized carbons (Fsp3) is 0.800. The summed E-state index contributed by atoms with van der Waals surface area (Å²) in [4.78, 5) is 2.46. The van der Waals surface area contributed by atoms with Crippen LogP contribution < -0.4 is 0 Å². The molecule has 1 heterocycles. The molecule has 0 radical (unpaired) electrons. The average Bonchev–Trinajstić information content (AvgIpc) is 2.07. The molecular formula is C10H18ClN. The van der Waals surface area contributed by atoms with Gasteiger partial charge in [-0.25, -0.2) is 0 Å². The Kier molecular flexibility index (Phi) is 4.10. The summed E-state index contributed by atoms with van der Waals surface area (Å²) in [6, 6.07) is 0. The van der Waals surface area contributed by atoms with Gasteiger partial charge in [-0.3, -0.25) is 4.90 Å². The van der Waals surface area contributed by atoms with Crippen molar-refractivity contribution in [2.45, 2.75) is 25.6 Å². The molecule has 1 aliphatic heterocycles. The average molecular weight is 188 g/mol. The van der Waals surface area contributed by atoms with E-state index in [1.54, 1.807) is 0 Å². The molecule has 2 heteroatoms. The van der Waals surface area contributed by atoms with Crippen LogP contribution in [0.2, 0.25) is 0 Å². The first-order valence-corrected chi connectivity index (χ1v) is 5.15. The monoisotopic (exact) mass is 187 g/mol. The van der Waals surface area contributed by atoms with Gasteiger partial charge in [0.25, 0.3) is 0 Å². The predicted octanol–water partition coefficient (Wildman–Crippen LogP) is 2.51. The molecule has 0 aromatic carbocycles. The van der Waals surface area contributed by atoms with Crippen LogP contribution in [-0.4, -0.2) is 29.9 Å². The molecule has 0 bridgehead atoms. The fourth-order valence-corrected chi connectivity index (χ4v) is 1.80. The Balaban J connectivity index is 2.30. The molecule has 1 fully saturated rings. The van der Waals surface area contributed by atoms with Crippen molar-refractivity contribution in [2.75, 3.05) is 19.6 Å². The van der Waals surface area contributed by atoms with E-state index in [0.29, 0.717) is 11.3 Å². The highest BCUT2D eigenvalue weighted by molar-refractivity contribution is 6.20. The summed E-state index contributed by atoms with van der Waals surface area (Å²) in [6.45, 7) is 7.70. The number of likely N-dealkylation sites (tertiary alicyclic amines) is 1. The highest BCUT2D eigenvalue weighted by atomic mass is 35.5. The van der Waals surface area contributed by atoms with Crippen molar-refractivity contribution in [3.63, 3.8) is 0 Å². The van der Waals surface area contributed by atoms with Crippen LogP contribution in [0.3, 0.4) is 0 Å². The first-order chi connectivity index (χ1) is 5.74. The van der Waals surface area contributed by atoms with Crippen LogP contribution in [0.5, 0.6) is 0 Å². The highest BCUT2D eigenvalue weighted by Crippen LogP contribution is 2.21. The molecule has 1 aliphatic rings. The van der Waals surface area contributed by atoms with Crippen molar-refractivity contribution in [1.29, 1.82) is 0 Å². The number of halogens is 1. The van der Waals surface area contributed by atoms with Crippen molar-refractivity contribution in [1.82, 2.24) is 4.90 Å². The fourth-order valence-electron chi connectivity index (χ4n) is 1.62. The SMILES string of the molecule is C/C=C/CN1CCC(Cl)C(C)C1. The second-order valence-electron chi connectivity index (χ2n) is 3.61. The lowest BCUT2D eigenvalue weighted by Gasteiger charge is -2.33. The maximum absolute atomic E-state index is 6.12. The Morgan fingerprint density at radius 3 is 2.92 bits per heavy atom.